The van der Waals surface area contributed by atoms with Gasteiger partial charge in [-0.15, -0.1) is 11.8 Å². The molecule has 0 fully saturated rings. The lowest BCUT2D eigenvalue weighted by molar-refractivity contribution is 0.102. The molecule has 1 aliphatic heterocycles. The highest BCUT2D eigenvalue weighted by Gasteiger charge is 2.25. The maximum Gasteiger partial charge on any atom is 0.276 e. The summed E-state index contributed by atoms with van der Waals surface area (Å²) in [6.07, 6.45) is 3.66. The predicted octanol–water partition coefficient (Wildman–Crippen LogP) is 2.45. The molecule has 0 bridgehead atoms. The summed E-state index contributed by atoms with van der Waals surface area (Å²) in [5.41, 5.74) is 4.84. The molecule has 6 nitrogen and oxygen atoms in total. The molecule has 3 N–H and O–H groups in total. The van der Waals surface area contributed by atoms with E-state index in [1.807, 2.05) is 13.2 Å². The van der Waals surface area contributed by atoms with Crippen LogP contribution in [0.5, 0.6) is 5.75 Å². The molecule has 1 aromatic heterocycles. The van der Waals surface area contributed by atoms with Crippen molar-refractivity contribution in [2.45, 2.75) is 16.8 Å². The molecule has 0 saturated heterocycles. The van der Waals surface area contributed by atoms with Gasteiger partial charge in [0.1, 0.15) is 16.1 Å². The van der Waals surface area contributed by atoms with E-state index >= 15 is 0 Å². The maximum absolute atomic E-state index is 12.2. The number of phenolic OH excluding ortho intramolecular Hbond substituents is 1. The van der Waals surface area contributed by atoms with Crippen LogP contribution in [0.25, 0.3) is 0 Å². The number of carbonyl (C=O) groups is 1. The summed E-state index contributed by atoms with van der Waals surface area (Å²) >= 11 is 3.23. The quantitative estimate of drug-likeness (QED) is 0.753. The summed E-state index contributed by atoms with van der Waals surface area (Å²) in [6, 6.07) is 5.05. The highest BCUT2D eigenvalue weighted by atomic mass is 32.2. The Bertz CT molecular complexity index is 678. The summed E-state index contributed by atoms with van der Waals surface area (Å²) in [4.78, 5) is 16.5. The van der Waals surface area contributed by atoms with Crippen LogP contribution in [0.2, 0.25) is 0 Å². The lowest BCUT2D eigenvalue weighted by Gasteiger charge is -2.08. The van der Waals surface area contributed by atoms with Crippen LogP contribution in [-0.2, 0) is 0 Å². The van der Waals surface area contributed by atoms with Gasteiger partial charge in [-0.1, -0.05) is 6.07 Å². The van der Waals surface area contributed by atoms with Gasteiger partial charge in [-0.2, -0.15) is 0 Å². The average molecular weight is 322 g/mol. The summed E-state index contributed by atoms with van der Waals surface area (Å²) < 4.78 is 1.96. The van der Waals surface area contributed by atoms with Crippen molar-refractivity contribution in [3.8, 4) is 5.75 Å². The standard InChI is InChI=1S/C13H14N4O2S2/c1-7-3-4-10(18)8(5-7)14-11(19)9-6-17-12(15-9)21-13(16-17)20-2/h3-6,13,16,18H,1-2H3,(H,14,19). The molecule has 110 valence electrons. The molecule has 3 rings (SSSR count). The molecule has 21 heavy (non-hydrogen) atoms. The SMILES string of the molecule is CSC1Nn2cc(C(=O)Nc3cc(C)ccc3O)nc2S1. The molecule has 0 saturated carbocycles. The zero-order valence-corrected chi connectivity index (χ0v) is 13.1. The van der Waals surface area contributed by atoms with Gasteiger partial charge in [0, 0.05) is 0 Å². The zero-order chi connectivity index (χ0) is 15.0. The number of nitrogens with zero attached hydrogens (tertiary/aromatic N) is 2. The molecule has 2 heterocycles. The van der Waals surface area contributed by atoms with E-state index in [0.29, 0.717) is 11.4 Å². The Kier molecular flexibility index (Phi) is 3.73. The fraction of sp³-hybridized carbons (Fsp3) is 0.231. The number of hydrogen-bond acceptors (Lipinski definition) is 6. The van der Waals surface area contributed by atoms with Crippen LogP contribution >= 0.6 is 23.5 Å². The number of aryl methyl sites for hydroxylation is 1. The molecule has 1 aliphatic rings. The molecule has 0 radical (unpaired) electrons. The molecular weight excluding hydrogens is 308 g/mol. The monoisotopic (exact) mass is 322 g/mol. The number of rotatable bonds is 3. The highest BCUT2D eigenvalue weighted by Crippen LogP contribution is 2.33. The minimum Gasteiger partial charge on any atom is -0.506 e. The van der Waals surface area contributed by atoms with E-state index in [2.05, 4.69) is 15.7 Å². The third-order valence-electron chi connectivity index (χ3n) is 2.98. The van der Waals surface area contributed by atoms with Crippen LogP contribution in [0.15, 0.2) is 29.6 Å². The van der Waals surface area contributed by atoms with E-state index < -0.39 is 0 Å². The van der Waals surface area contributed by atoms with E-state index in [0.717, 1.165) is 10.7 Å². The van der Waals surface area contributed by atoms with Crippen molar-refractivity contribution in [3.63, 3.8) is 0 Å². The minimum atomic E-state index is -0.346. The number of aromatic hydroxyl groups is 1. The van der Waals surface area contributed by atoms with Crippen molar-refractivity contribution in [1.82, 2.24) is 9.66 Å². The number of nitrogens with one attached hydrogen (secondary N) is 2. The number of aromatic nitrogens is 2. The summed E-state index contributed by atoms with van der Waals surface area (Å²) in [5, 5.41) is 13.2. The van der Waals surface area contributed by atoms with Crippen LogP contribution in [0.4, 0.5) is 5.69 Å². The van der Waals surface area contributed by atoms with Crippen LogP contribution in [0, 0.1) is 6.92 Å². The zero-order valence-electron chi connectivity index (χ0n) is 11.5. The number of carbonyl (C=O) groups excluding carboxylic acids is 1. The first-order valence-corrected chi connectivity index (χ1v) is 8.40. The Morgan fingerprint density at radius 2 is 2.38 bits per heavy atom. The minimum absolute atomic E-state index is 0.0376. The molecule has 0 spiro atoms. The summed E-state index contributed by atoms with van der Waals surface area (Å²) in [5.74, 6) is -0.309. The second-order valence-corrected chi connectivity index (χ2v) is 6.88. The van der Waals surface area contributed by atoms with E-state index in [-0.39, 0.29) is 16.4 Å². The number of anilines is 1. The fourth-order valence-corrected chi connectivity index (χ4v) is 3.51. The molecule has 8 heteroatoms. The lowest BCUT2D eigenvalue weighted by Crippen LogP contribution is -2.16. The van der Waals surface area contributed by atoms with Crippen molar-refractivity contribution in [1.29, 1.82) is 0 Å². The van der Waals surface area contributed by atoms with Gasteiger partial charge >= 0.3 is 0 Å². The average Bonchev–Trinajstić information content (AvgIpc) is 3.00. The van der Waals surface area contributed by atoms with Crippen molar-refractivity contribution in [2.24, 2.45) is 0 Å². The lowest BCUT2D eigenvalue weighted by atomic mass is 10.2. The second-order valence-electron chi connectivity index (χ2n) is 4.57. The van der Waals surface area contributed by atoms with Gasteiger partial charge in [-0.25, -0.2) is 9.66 Å². The second kappa shape index (κ2) is 5.53. The van der Waals surface area contributed by atoms with Gasteiger partial charge in [-0.3, -0.25) is 4.79 Å². The van der Waals surface area contributed by atoms with Gasteiger partial charge < -0.3 is 15.8 Å². The number of thioether (sulfide) groups is 2. The van der Waals surface area contributed by atoms with E-state index in [9.17, 15) is 9.90 Å². The molecule has 1 atom stereocenters. The van der Waals surface area contributed by atoms with Crippen molar-refractivity contribution >= 4 is 35.1 Å². The third kappa shape index (κ3) is 2.81. The Labute approximate surface area is 130 Å². The summed E-state index contributed by atoms with van der Waals surface area (Å²) in [7, 11) is 0. The molecule has 0 aliphatic carbocycles. The van der Waals surface area contributed by atoms with Gasteiger partial charge in [0.2, 0.25) is 0 Å². The largest absolute Gasteiger partial charge is 0.506 e. The number of benzene rings is 1. The number of imidazole rings is 1. The van der Waals surface area contributed by atoms with Gasteiger partial charge in [-0.05, 0) is 42.6 Å². The Balaban J connectivity index is 1.77. The van der Waals surface area contributed by atoms with E-state index in [1.54, 1.807) is 52.6 Å². The van der Waals surface area contributed by atoms with Crippen LogP contribution in [0.3, 0.4) is 0 Å². The number of hydrogen-bond donors (Lipinski definition) is 3. The van der Waals surface area contributed by atoms with Crippen molar-refractivity contribution in [3.05, 3.63) is 35.7 Å². The molecule has 1 unspecified atom stereocenters. The number of phenols is 1. The van der Waals surface area contributed by atoms with E-state index in [4.69, 9.17) is 0 Å². The molecule has 2 aromatic rings. The maximum atomic E-state index is 12.2. The first-order valence-electron chi connectivity index (χ1n) is 6.23. The summed E-state index contributed by atoms with van der Waals surface area (Å²) in [6.45, 7) is 1.89. The molecule has 1 amide bonds. The number of fused-ring (bicyclic) bond motifs is 1. The van der Waals surface area contributed by atoms with Crippen LogP contribution in [0.1, 0.15) is 16.1 Å². The highest BCUT2D eigenvalue weighted by molar-refractivity contribution is 8.16. The smallest absolute Gasteiger partial charge is 0.276 e. The Hall–Kier alpha value is -1.80. The van der Waals surface area contributed by atoms with Crippen molar-refractivity contribution < 1.29 is 9.90 Å². The fourth-order valence-electron chi connectivity index (χ4n) is 1.92. The Morgan fingerprint density at radius 3 is 3.10 bits per heavy atom. The number of amides is 1. The van der Waals surface area contributed by atoms with Crippen molar-refractivity contribution in [2.75, 3.05) is 17.0 Å². The Morgan fingerprint density at radius 1 is 1.57 bits per heavy atom. The van der Waals surface area contributed by atoms with Gasteiger partial charge in [0.15, 0.2) is 5.16 Å². The molecule has 1 aromatic carbocycles. The van der Waals surface area contributed by atoms with E-state index in [1.165, 1.54) is 0 Å². The molecular formula is C13H14N4O2S2. The predicted molar refractivity (Wildman–Crippen MR) is 85.5 cm³/mol. The van der Waals surface area contributed by atoms with Gasteiger partial charge in [0.25, 0.3) is 5.91 Å². The first-order chi connectivity index (χ1) is 10.1. The normalized spacial score (nSPS) is 16.4. The third-order valence-corrected chi connectivity index (χ3v) is 5.20. The first kappa shape index (κ1) is 14.2. The van der Waals surface area contributed by atoms with Gasteiger partial charge in [0.05, 0.1) is 11.9 Å². The van der Waals surface area contributed by atoms with Crippen LogP contribution in [-0.4, -0.2) is 31.6 Å². The van der Waals surface area contributed by atoms with Crippen LogP contribution < -0.4 is 10.7 Å². The topological polar surface area (TPSA) is 79.2 Å².